The fraction of sp³-hybridized carbons (Fsp3) is 0.0909. The van der Waals surface area contributed by atoms with Crippen molar-refractivity contribution in [1.82, 2.24) is 0 Å². The van der Waals surface area contributed by atoms with Crippen LogP contribution in [0, 0.1) is 0 Å². The lowest BCUT2D eigenvalue weighted by Crippen LogP contribution is -1.95. The maximum absolute atomic E-state index is 10.3. The monoisotopic (exact) mass is 206 g/mol. The van der Waals surface area contributed by atoms with Gasteiger partial charge < -0.3 is 9.84 Å². The molecule has 4 nitrogen and oxygen atoms in total. The van der Waals surface area contributed by atoms with E-state index in [-0.39, 0.29) is 6.61 Å². The maximum Gasteiger partial charge on any atom is 0.328 e. The Morgan fingerprint density at radius 2 is 2.00 bits per heavy atom. The van der Waals surface area contributed by atoms with Crippen LogP contribution in [0.4, 0.5) is 0 Å². The molecule has 78 valence electrons. The van der Waals surface area contributed by atoms with E-state index in [1.54, 1.807) is 24.3 Å². The Morgan fingerprint density at radius 1 is 1.33 bits per heavy atom. The Kier molecular flexibility index (Phi) is 4.09. The molecule has 1 aromatic rings. The van der Waals surface area contributed by atoms with E-state index in [1.165, 1.54) is 6.08 Å². The van der Waals surface area contributed by atoms with Gasteiger partial charge in [0.1, 0.15) is 18.6 Å². The van der Waals surface area contributed by atoms with Crippen molar-refractivity contribution >= 4 is 12.3 Å². The molecule has 0 fully saturated rings. The van der Waals surface area contributed by atoms with E-state index in [4.69, 9.17) is 9.84 Å². The highest BCUT2D eigenvalue weighted by molar-refractivity contribution is 5.79. The average molecular weight is 206 g/mol. The number of carboxylic acids is 1. The smallest absolute Gasteiger partial charge is 0.328 e. The number of carbonyl (C=O) groups is 2. The number of benzene rings is 1. The van der Waals surface area contributed by atoms with Crippen molar-refractivity contribution in [3.63, 3.8) is 0 Å². The molecule has 0 spiro atoms. The van der Waals surface area contributed by atoms with Crippen LogP contribution < -0.4 is 4.74 Å². The van der Waals surface area contributed by atoms with E-state index in [9.17, 15) is 9.59 Å². The minimum absolute atomic E-state index is 0.187. The van der Waals surface area contributed by atoms with E-state index < -0.39 is 5.97 Å². The van der Waals surface area contributed by atoms with Gasteiger partial charge in [-0.15, -0.1) is 0 Å². The molecule has 0 bridgehead atoms. The Hall–Kier alpha value is -2.10. The summed E-state index contributed by atoms with van der Waals surface area (Å²) in [5.74, 6) is -0.412. The molecule has 1 aromatic carbocycles. The van der Waals surface area contributed by atoms with Gasteiger partial charge in [-0.1, -0.05) is 0 Å². The summed E-state index contributed by atoms with van der Waals surface area (Å²) in [6.07, 6.45) is 3.16. The summed E-state index contributed by atoms with van der Waals surface area (Å²) in [6.45, 7) is 0.187. The highest BCUT2D eigenvalue weighted by atomic mass is 16.5. The second-order valence-electron chi connectivity index (χ2n) is 2.74. The lowest BCUT2D eigenvalue weighted by Gasteiger charge is -2.01. The molecule has 4 heteroatoms. The zero-order valence-corrected chi connectivity index (χ0v) is 7.92. The molecule has 0 radical (unpaired) electrons. The number of aldehydes is 1. The topological polar surface area (TPSA) is 63.6 Å². The van der Waals surface area contributed by atoms with Crippen LogP contribution in [0.1, 0.15) is 10.4 Å². The quantitative estimate of drug-likeness (QED) is 0.586. The fourth-order valence-electron chi connectivity index (χ4n) is 0.936. The highest BCUT2D eigenvalue weighted by Gasteiger charge is 1.93. The second kappa shape index (κ2) is 5.59. The average Bonchev–Trinajstić information content (AvgIpc) is 2.25. The zero-order valence-electron chi connectivity index (χ0n) is 7.92. The van der Waals surface area contributed by atoms with Gasteiger partial charge in [-0.3, -0.25) is 4.79 Å². The van der Waals surface area contributed by atoms with Crippen LogP contribution >= 0.6 is 0 Å². The molecule has 0 aliphatic rings. The van der Waals surface area contributed by atoms with E-state index >= 15 is 0 Å². The van der Waals surface area contributed by atoms with Crippen molar-refractivity contribution in [1.29, 1.82) is 0 Å². The predicted molar refractivity (Wildman–Crippen MR) is 54.1 cm³/mol. The zero-order chi connectivity index (χ0) is 11.1. The molecule has 0 heterocycles. The molecule has 1 rings (SSSR count). The molecule has 0 saturated heterocycles. The molecule has 0 atom stereocenters. The Morgan fingerprint density at radius 3 is 2.53 bits per heavy atom. The van der Waals surface area contributed by atoms with E-state index in [2.05, 4.69) is 0 Å². The summed E-state index contributed by atoms with van der Waals surface area (Å²) in [5.41, 5.74) is 0.573. The SMILES string of the molecule is O=Cc1ccc(OCC=CC(=O)O)cc1. The van der Waals surface area contributed by atoms with Crippen LogP contribution in [-0.4, -0.2) is 24.0 Å². The summed E-state index contributed by atoms with van der Waals surface area (Å²) in [5, 5.41) is 8.30. The number of carbonyl (C=O) groups excluding carboxylic acids is 1. The summed E-state index contributed by atoms with van der Waals surface area (Å²) < 4.78 is 5.19. The van der Waals surface area contributed by atoms with Crippen LogP contribution in [0.2, 0.25) is 0 Å². The predicted octanol–water partition coefficient (Wildman–Crippen LogP) is 1.52. The van der Waals surface area contributed by atoms with Crippen molar-refractivity contribution in [3.05, 3.63) is 42.0 Å². The summed E-state index contributed by atoms with van der Waals surface area (Å²) in [7, 11) is 0. The first-order valence-corrected chi connectivity index (χ1v) is 4.30. The number of hydrogen-bond acceptors (Lipinski definition) is 3. The molecule has 0 aliphatic heterocycles. The summed E-state index contributed by atoms with van der Waals surface area (Å²) in [4.78, 5) is 20.4. The fourth-order valence-corrected chi connectivity index (χ4v) is 0.936. The Balaban J connectivity index is 2.44. The van der Waals surface area contributed by atoms with Gasteiger partial charge in [0.05, 0.1) is 0 Å². The molecule has 0 aromatic heterocycles. The first kappa shape index (κ1) is 11.0. The molecule has 15 heavy (non-hydrogen) atoms. The third kappa shape index (κ3) is 4.08. The molecular weight excluding hydrogens is 196 g/mol. The van der Waals surface area contributed by atoms with E-state index in [1.807, 2.05) is 0 Å². The number of aliphatic carboxylic acids is 1. The van der Waals surface area contributed by atoms with Crippen molar-refractivity contribution < 1.29 is 19.4 Å². The van der Waals surface area contributed by atoms with Gasteiger partial charge >= 0.3 is 5.97 Å². The van der Waals surface area contributed by atoms with Gasteiger partial charge in [0.2, 0.25) is 0 Å². The summed E-state index contributed by atoms with van der Waals surface area (Å²) in [6, 6.07) is 6.56. The summed E-state index contributed by atoms with van der Waals surface area (Å²) >= 11 is 0. The maximum atomic E-state index is 10.3. The lowest BCUT2D eigenvalue weighted by atomic mass is 10.2. The molecule has 0 aliphatic carbocycles. The number of carboxylic acid groups (broad SMARTS) is 1. The van der Waals surface area contributed by atoms with Gasteiger partial charge in [0.25, 0.3) is 0 Å². The normalized spacial score (nSPS) is 10.1. The van der Waals surface area contributed by atoms with Crippen LogP contribution in [0.15, 0.2) is 36.4 Å². The van der Waals surface area contributed by atoms with Crippen molar-refractivity contribution in [3.8, 4) is 5.75 Å². The first-order valence-electron chi connectivity index (χ1n) is 4.30. The third-order valence-corrected chi connectivity index (χ3v) is 1.62. The third-order valence-electron chi connectivity index (χ3n) is 1.62. The van der Waals surface area contributed by atoms with Crippen LogP contribution in [-0.2, 0) is 4.79 Å². The number of hydrogen-bond donors (Lipinski definition) is 1. The van der Waals surface area contributed by atoms with Crippen molar-refractivity contribution in [2.75, 3.05) is 6.61 Å². The van der Waals surface area contributed by atoms with Crippen LogP contribution in [0.25, 0.3) is 0 Å². The Labute approximate surface area is 86.8 Å². The lowest BCUT2D eigenvalue weighted by molar-refractivity contribution is -0.131. The molecule has 0 saturated carbocycles. The minimum Gasteiger partial charge on any atom is -0.490 e. The second-order valence-corrected chi connectivity index (χ2v) is 2.74. The largest absolute Gasteiger partial charge is 0.490 e. The van der Waals surface area contributed by atoms with E-state index in [0.717, 1.165) is 12.4 Å². The first-order chi connectivity index (χ1) is 7.22. The molecule has 1 N–H and O–H groups in total. The van der Waals surface area contributed by atoms with Crippen molar-refractivity contribution in [2.24, 2.45) is 0 Å². The standard InChI is InChI=1S/C11H10O4/c12-8-9-3-5-10(6-4-9)15-7-1-2-11(13)14/h1-6,8H,7H2,(H,13,14). The van der Waals surface area contributed by atoms with E-state index in [0.29, 0.717) is 11.3 Å². The van der Waals surface area contributed by atoms with Gasteiger partial charge in [0.15, 0.2) is 0 Å². The molecule has 0 amide bonds. The van der Waals surface area contributed by atoms with Gasteiger partial charge in [0, 0.05) is 11.6 Å². The van der Waals surface area contributed by atoms with Crippen LogP contribution in [0.3, 0.4) is 0 Å². The minimum atomic E-state index is -1.00. The molecule has 0 unspecified atom stereocenters. The number of rotatable bonds is 5. The van der Waals surface area contributed by atoms with Gasteiger partial charge in [-0.2, -0.15) is 0 Å². The number of ether oxygens (including phenoxy) is 1. The van der Waals surface area contributed by atoms with Crippen LogP contribution in [0.5, 0.6) is 5.75 Å². The highest BCUT2D eigenvalue weighted by Crippen LogP contribution is 2.10. The van der Waals surface area contributed by atoms with Gasteiger partial charge in [-0.25, -0.2) is 4.79 Å². The molecular formula is C11H10O4. The Bertz CT molecular complexity index is 365. The van der Waals surface area contributed by atoms with Crippen molar-refractivity contribution in [2.45, 2.75) is 0 Å². The van der Waals surface area contributed by atoms with Gasteiger partial charge in [-0.05, 0) is 30.3 Å².